The number of benzene rings is 3. The van der Waals surface area contributed by atoms with E-state index >= 15 is 0 Å². The van der Waals surface area contributed by atoms with Crippen LogP contribution in [0.15, 0.2) is 72.0 Å². The number of nitrogens with zero attached hydrogens (tertiary/aromatic N) is 2. The van der Waals surface area contributed by atoms with Gasteiger partial charge in [-0.25, -0.2) is 5.43 Å². The number of hydrogen-bond acceptors (Lipinski definition) is 5. The summed E-state index contributed by atoms with van der Waals surface area (Å²) in [5, 5.41) is 9.42. The zero-order valence-electron chi connectivity index (χ0n) is 17.9. The molecule has 0 radical (unpaired) electrons. The number of hydrogen-bond donors (Lipinski definition) is 2. The zero-order chi connectivity index (χ0) is 23.5. The largest absolute Gasteiger partial charge is 0.454 e. The van der Waals surface area contributed by atoms with Gasteiger partial charge in [0.15, 0.2) is 11.5 Å². The van der Waals surface area contributed by atoms with Crippen LogP contribution < -0.4 is 20.2 Å². The van der Waals surface area contributed by atoms with Crippen molar-refractivity contribution in [1.29, 1.82) is 0 Å². The number of ether oxygens (including phenoxy) is 2. The second-order valence-corrected chi connectivity index (χ2v) is 8.52. The summed E-state index contributed by atoms with van der Waals surface area (Å²) in [4.78, 5) is 12.2. The molecule has 5 rings (SSSR count). The SMILES string of the molecule is O=C(CNc1ccc2c(c1)OCO2)NN=Cc1cn(Cc2ccc(Cl)cc2Cl)c2ccccc12. The van der Waals surface area contributed by atoms with Gasteiger partial charge in [-0.1, -0.05) is 47.5 Å². The summed E-state index contributed by atoms with van der Waals surface area (Å²) in [6.45, 7) is 0.848. The van der Waals surface area contributed by atoms with Crippen molar-refractivity contribution in [3.05, 3.63) is 88.0 Å². The van der Waals surface area contributed by atoms with Crippen LogP contribution in [0.3, 0.4) is 0 Å². The minimum Gasteiger partial charge on any atom is -0.454 e. The van der Waals surface area contributed by atoms with E-state index in [-0.39, 0.29) is 19.2 Å². The molecule has 34 heavy (non-hydrogen) atoms. The highest BCUT2D eigenvalue weighted by Gasteiger charge is 2.13. The first-order valence-corrected chi connectivity index (χ1v) is 11.3. The molecule has 9 heteroatoms. The Labute approximate surface area is 205 Å². The molecule has 0 fully saturated rings. The molecule has 0 bridgehead atoms. The van der Waals surface area contributed by atoms with Crippen LogP contribution in [0, 0.1) is 0 Å². The minimum atomic E-state index is -0.273. The molecule has 1 amide bonds. The smallest absolute Gasteiger partial charge is 0.259 e. The number of hydrazone groups is 1. The lowest BCUT2D eigenvalue weighted by Gasteiger charge is -2.08. The molecule has 1 aliphatic rings. The Kier molecular flexibility index (Phi) is 6.29. The molecule has 2 heterocycles. The molecule has 0 atom stereocenters. The third kappa shape index (κ3) is 4.81. The van der Waals surface area contributed by atoms with Gasteiger partial charge in [0.2, 0.25) is 6.79 Å². The van der Waals surface area contributed by atoms with Gasteiger partial charge in [-0.15, -0.1) is 0 Å². The van der Waals surface area contributed by atoms with E-state index in [1.165, 1.54) is 0 Å². The summed E-state index contributed by atoms with van der Waals surface area (Å²) >= 11 is 12.4. The minimum absolute atomic E-state index is 0.0633. The Balaban J connectivity index is 1.25. The van der Waals surface area contributed by atoms with Crippen LogP contribution in [-0.2, 0) is 11.3 Å². The summed E-state index contributed by atoms with van der Waals surface area (Å²) in [5.41, 5.74) is 6.19. The Bertz CT molecular complexity index is 1400. The number of carbonyl (C=O) groups excluding carboxylic acids is 1. The Morgan fingerprint density at radius 2 is 1.91 bits per heavy atom. The fraction of sp³-hybridized carbons (Fsp3) is 0.120. The maximum atomic E-state index is 12.2. The maximum absolute atomic E-state index is 12.2. The first-order chi connectivity index (χ1) is 16.6. The molecule has 1 aliphatic heterocycles. The molecule has 0 spiro atoms. The number of nitrogens with one attached hydrogen (secondary N) is 2. The zero-order valence-corrected chi connectivity index (χ0v) is 19.4. The van der Waals surface area contributed by atoms with E-state index in [0.717, 1.165) is 27.7 Å². The molecule has 0 saturated heterocycles. The number of para-hydroxylation sites is 1. The lowest BCUT2D eigenvalue weighted by molar-refractivity contribution is -0.119. The Hall–Kier alpha value is -3.68. The van der Waals surface area contributed by atoms with Crippen molar-refractivity contribution in [2.45, 2.75) is 6.54 Å². The van der Waals surface area contributed by atoms with Crippen LogP contribution in [0.1, 0.15) is 11.1 Å². The summed E-state index contributed by atoms with van der Waals surface area (Å²) in [6.07, 6.45) is 3.62. The van der Waals surface area contributed by atoms with Crippen LogP contribution in [-0.4, -0.2) is 30.0 Å². The number of anilines is 1. The Morgan fingerprint density at radius 1 is 1.06 bits per heavy atom. The monoisotopic (exact) mass is 494 g/mol. The lowest BCUT2D eigenvalue weighted by Crippen LogP contribution is -2.25. The second-order valence-electron chi connectivity index (χ2n) is 7.68. The summed E-state index contributed by atoms with van der Waals surface area (Å²) in [5.74, 6) is 1.07. The van der Waals surface area contributed by atoms with Crippen molar-refractivity contribution in [3.8, 4) is 11.5 Å². The fourth-order valence-electron chi connectivity index (χ4n) is 3.74. The molecule has 1 aromatic heterocycles. The molecule has 2 N–H and O–H groups in total. The first kappa shape index (κ1) is 22.1. The molecule has 4 aromatic rings. The van der Waals surface area contributed by atoms with E-state index in [2.05, 4.69) is 20.4 Å². The normalized spacial score (nSPS) is 12.4. The van der Waals surface area contributed by atoms with Crippen LogP contribution in [0.2, 0.25) is 10.0 Å². The van der Waals surface area contributed by atoms with Gasteiger partial charge in [-0.3, -0.25) is 4.79 Å². The van der Waals surface area contributed by atoms with Gasteiger partial charge >= 0.3 is 0 Å². The second kappa shape index (κ2) is 9.67. The highest BCUT2D eigenvalue weighted by Crippen LogP contribution is 2.34. The summed E-state index contributed by atoms with van der Waals surface area (Å²) in [6, 6.07) is 18.9. The lowest BCUT2D eigenvalue weighted by atomic mass is 10.2. The number of carbonyl (C=O) groups is 1. The molecule has 7 nitrogen and oxygen atoms in total. The van der Waals surface area contributed by atoms with Crippen molar-refractivity contribution in [2.24, 2.45) is 5.10 Å². The van der Waals surface area contributed by atoms with Crippen molar-refractivity contribution < 1.29 is 14.3 Å². The Morgan fingerprint density at radius 3 is 2.79 bits per heavy atom. The highest BCUT2D eigenvalue weighted by molar-refractivity contribution is 6.35. The van der Waals surface area contributed by atoms with Gasteiger partial charge in [-0.2, -0.15) is 5.10 Å². The molecule has 172 valence electrons. The summed E-state index contributed by atoms with van der Waals surface area (Å²) in [7, 11) is 0. The molecule has 3 aromatic carbocycles. The number of rotatable bonds is 7. The van der Waals surface area contributed by atoms with E-state index in [9.17, 15) is 4.79 Å². The molecule has 0 aliphatic carbocycles. The third-order valence-corrected chi connectivity index (χ3v) is 5.98. The van der Waals surface area contributed by atoms with Crippen molar-refractivity contribution in [1.82, 2.24) is 9.99 Å². The van der Waals surface area contributed by atoms with Crippen LogP contribution in [0.4, 0.5) is 5.69 Å². The summed E-state index contributed by atoms with van der Waals surface area (Å²) < 4.78 is 12.7. The van der Waals surface area contributed by atoms with Crippen molar-refractivity contribution in [2.75, 3.05) is 18.7 Å². The fourth-order valence-corrected chi connectivity index (χ4v) is 4.21. The molecule has 0 saturated carbocycles. The third-order valence-electron chi connectivity index (χ3n) is 5.39. The maximum Gasteiger partial charge on any atom is 0.259 e. The average Bonchev–Trinajstić information content (AvgIpc) is 3.44. The number of amides is 1. The van der Waals surface area contributed by atoms with Gasteiger partial charge in [-0.05, 0) is 35.9 Å². The van der Waals surface area contributed by atoms with E-state index < -0.39 is 0 Å². The van der Waals surface area contributed by atoms with Gasteiger partial charge in [0.25, 0.3) is 5.91 Å². The topological polar surface area (TPSA) is 76.9 Å². The molecular formula is C25H20Cl2N4O3. The van der Waals surface area contributed by atoms with Crippen LogP contribution >= 0.6 is 23.2 Å². The van der Waals surface area contributed by atoms with E-state index in [1.807, 2.05) is 48.7 Å². The average molecular weight is 495 g/mol. The van der Waals surface area contributed by atoms with Crippen LogP contribution in [0.5, 0.6) is 11.5 Å². The first-order valence-electron chi connectivity index (χ1n) is 10.5. The quantitative estimate of drug-likeness (QED) is 0.270. The van der Waals surface area contributed by atoms with Gasteiger partial charge in [0.05, 0.1) is 12.8 Å². The van der Waals surface area contributed by atoms with Crippen LogP contribution in [0.25, 0.3) is 10.9 Å². The van der Waals surface area contributed by atoms with Crippen molar-refractivity contribution in [3.63, 3.8) is 0 Å². The standard InChI is InChI=1S/C25H20Cl2N4O3/c26-18-6-5-16(21(27)9-18)13-31-14-17(20-3-1-2-4-22(20)31)11-29-30-25(32)12-28-19-7-8-23-24(10-19)34-15-33-23/h1-11,14,28H,12-13,15H2,(H,30,32). The number of aromatic nitrogens is 1. The van der Waals surface area contributed by atoms with Gasteiger partial charge in [0, 0.05) is 51.0 Å². The predicted molar refractivity (Wildman–Crippen MR) is 134 cm³/mol. The number of fused-ring (bicyclic) bond motifs is 2. The highest BCUT2D eigenvalue weighted by atomic mass is 35.5. The van der Waals surface area contributed by atoms with Gasteiger partial charge < -0.3 is 19.4 Å². The predicted octanol–water partition coefficient (Wildman–Crippen LogP) is 5.29. The van der Waals surface area contributed by atoms with E-state index in [0.29, 0.717) is 28.1 Å². The molecule has 0 unspecified atom stereocenters. The van der Waals surface area contributed by atoms with Crippen molar-refractivity contribution >= 4 is 51.9 Å². The van der Waals surface area contributed by atoms with E-state index in [4.69, 9.17) is 32.7 Å². The van der Waals surface area contributed by atoms with E-state index in [1.54, 1.807) is 24.4 Å². The molecular weight excluding hydrogens is 475 g/mol. The number of halogens is 2. The van der Waals surface area contributed by atoms with Gasteiger partial charge in [0.1, 0.15) is 0 Å².